The van der Waals surface area contributed by atoms with Gasteiger partial charge in [-0.25, -0.2) is 9.59 Å². The third-order valence-electron chi connectivity index (χ3n) is 2.87. The molecule has 4 heteroatoms. The molecule has 1 aliphatic heterocycles. The van der Waals surface area contributed by atoms with Crippen LogP contribution in [0.4, 0.5) is 0 Å². The first-order valence-electron chi connectivity index (χ1n) is 6.20. The highest BCUT2D eigenvalue weighted by molar-refractivity contribution is 5.89. The Morgan fingerprint density at radius 1 is 1.37 bits per heavy atom. The van der Waals surface area contributed by atoms with E-state index < -0.39 is 18.0 Å². The van der Waals surface area contributed by atoms with Gasteiger partial charge in [-0.2, -0.15) is 0 Å². The lowest BCUT2D eigenvalue weighted by molar-refractivity contribution is -0.157. The zero-order valence-electron chi connectivity index (χ0n) is 11.0. The quantitative estimate of drug-likeness (QED) is 0.618. The zero-order valence-corrected chi connectivity index (χ0v) is 11.0. The molecule has 0 aliphatic carbocycles. The van der Waals surface area contributed by atoms with Crippen molar-refractivity contribution in [2.24, 2.45) is 0 Å². The molecule has 0 saturated carbocycles. The van der Waals surface area contributed by atoms with Crippen molar-refractivity contribution in [1.29, 1.82) is 0 Å². The van der Waals surface area contributed by atoms with Gasteiger partial charge in [0.1, 0.15) is 6.10 Å². The average molecular weight is 260 g/mol. The number of hydrogen-bond donors (Lipinski definition) is 0. The van der Waals surface area contributed by atoms with Crippen molar-refractivity contribution in [2.75, 3.05) is 0 Å². The van der Waals surface area contributed by atoms with Crippen LogP contribution in [0.3, 0.4) is 0 Å². The van der Waals surface area contributed by atoms with Gasteiger partial charge in [-0.05, 0) is 25.5 Å². The smallest absolute Gasteiger partial charge is 0.347 e. The van der Waals surface area contributed by atoms with Crippen molar-refractivity contribution in [3.63, 3.8) is 0 Å². The summed E-state index contributed by atoms with van der Waals surface area (Å²) in [5, 5.41) is 0. The van der Waals surface area contributed by atoms with E-state index in [1.807, 2.05) is 31.2 Å². The number of cyclic esters (lactones) is 1. The standard InChI is InChI=1S/C15H16O4/c1-10-3-5-12(6-4-10)7-8-14(16)19-13-9-11(2)18-15(13)17/h3-8,11,13H,9H2,1-2H3/b8-7+. The number of aryl methyl sites for hydroxylation is 1. The molecule has 1 aliphatic rings. The molecule has 2 atom stereocenters. The fourth-order valence-electron chi connectivity index (χ4n) is 1.84. The van der Waals surface area contributed by atoms with Crippen LogP contribution in [0, 0.1) is 6.92 Å². The molecule has 2 rings (SSSR count). The molecule has 0 aromatic heterocycles. The van der Waals surface area contributed by atoms with Crippen molar-refractivity contribution >= 4 is 18.0 Å². The van der Waals surface area contributed by atoms with Crippen LogP contribution < -0.4 is 0 Å². The molecule has 2 unspecified atom stereocenters. The second kappa shape index (κ2) is 5.69. The van der Waals surface area contributed by atoms with Crippen molar-refractivity contribution in [3.05, 3.63) is 41.5 Å². The highest BCUT2D eigenvalue weighted by atomic mass is 16.6. The van der Waals surface area contributed by atoms with E-state index in [-0.39, 0.29) is 6.10 Å². The normalized spacial score (nSPS) is 22.5. The lowest BCUT2D eigenvalue weighted by atomic mass is 10.1. The van der Waals surface area contributed by atoms with E-state index in [9.17, 15) is 9.59 Å². The molecule has 1 aromatic carbocycles. The number of rotatable bonds is 3. The van der Waals surface area contributed by atoms with Crippen molar-refractivity contribution in [2.45, 2.75) is 32.5 Å². The molecule has 1 fully saturated rings. The summed E-state index contributed by atoms with van der Waals surface area (Å²) in [5.41, 5.74) is 2.06. The third-order valence-corrected chi connectivity index (χ3v) is 2.87. The van der Waals surface area contributed by atoms with Gasteiger partial charge in [0, 0.05) is 12.5 Å². The van der Waals surface area contributed by atoms with Gasteiger partial charge < -0.3 is 9.47 Å². The Balaban J connectivity index is 1.91. The zero-order chi connectivity index (χ0) is 13.8. The van der Waals surface area contributed by atoms with Crippen LogP contribution in [0.5, 0.6) is 0 Å². The summed E-state index contributed by atoms with van der Waals surface area (Å²) in [7, 11) is 0. The lowest BCUT2D eigenvalue weighted by Gasteiger charge is -2.05. The SMILES string of the molecule is Cc1ccc(/C=C/C(=O)OC2CC(C)OC2=O)cc1. The van der Waals surface area contributed by atoms with Crippen LogP contribution in [0.2, 0.25) is 0 Å². The molecule has 19 heavy (non-hydrogen) atoms. The van der Waals surface area contributed by atoms with Gasteiger partial charge in [0.25, 0.3) is 0 Å². The van der Waals surface area contributed by atoms with Gasteiger partial charge in [-0.3, -0.25) is 0 Å². The summed E-state index contributed by atoms with van der Waals surface area (Å²) < 4.78 is 9.95. The number of hydrogen-bond acceptors (Lipinski definition) is 4. The maximum absolute atomic E-state index is 11.6. The minimum absolute atomic E-state index is 0.189. The molecule has 4 nitrogen and oxygen atoms in total. The Morgan fingerprint density at radius 2 is 2.05 bits per heavy atom. The topological polar surface area (TPSA) is 52.6 Å². The molecular formula is C15H16O4. The summed E-state index contributed by atoms with van der Waals surface area (Å²) in [4.78, 5) is 22.9. The molecule has 0 amide bonds. The van der Waals surface area contributed by atoms with Crippen LogP contribution in [0.15, 0.2) is 30.3 Å². The average Bonchev–Trinajstić information content (AvgIpc) is 2.67. The Labute approximate surface area is 112 Å². The van der Waals surface area contributed by atoms with Gasteiger partial charge in [0.05, 0.1) is 0 Å². The van der Waals surface area contributed by atoms with E-state index >= 15 is 0 Å². The number of esters is 2. The van der Waals surface area contributed by atoms with Gasteiger partial charge in [-0.1, -0.05) is 29.8 Å². The fourth-order valence-corrected chi connectivity index (χ4v) is 1.84. The van der Waals surface area contributed by atoms with Gasteiger partial charge in [0.2, 0.25) is 6.10 Å². The van der Waals surface area contributed by atoms with E-state index in [1.165, 1.54) is 6.08 Å². The number of carbonyl (C=O) groups is 2. The Bertz CT molecular complexity index is 501. The van der Waals surface area contributed by atoms with Crippen molar-refractivity contribution in [1.82, 2.24) is 0 Å². The van der Waals surface area contributed by atoms with Crippen molar-refractivity contribution in [3.8, 4) is 0 Å². The highest BCUT2D eigenvalue weighted by Crippen LogP contribution is 2.17. The molecule has 100 valence electrons. The van der Waals surface area contributed by atoms with Crippen molar-refractivity contribution < 1.29 is 19.1 Å². The van der Waals surface area contributed by atoms with Crippen LogP contribution in [0.1, 0.15) is 24.5 Å². The van der Waals surface area contributed by atoms with Crippen LogP contribution >= 0.6 is 0 Å². The molecule has 1 heterocycles. The predicted octanol–water partition coefficient (Wildman–Crippen LogP) is 2.26. The van der Waals surface area contributed by atoms with E-state index in [0.717, 1.165) is 11.1 Å². The summed E-state index contributed by atoms with van der Waals surface area (Å²) in [6.45, 7) is 3.77. The summed E-state index contributed by atoms with van der Waals surface area (Å²) >= 11 is 0. The van der Waals surface area contributed by atoms with Gasteiger partial charge in [-0.15, -0.1) is 0 Å². The summed E-state index contributed by atoms with van der Waals surface area (Å²) in [6.07, 6.45) is 2.44. The van der Waals surface area contributed by atoms with Crippen LogP contribution in [0.25, 0.3) is 6.08 Å². The second-order valence-electron chi connectivity index (χ2n) is 4.65. The van der Waals surface area contributed by atoms with Gasteiger partial charge in [0.15, 0.2) is 0 Å². The summed E-state index contributed by atoms with van der Waals surface area (Å²) in [6, 6.07) is 7.73. The Hall–Kier alpha value is -2.10. The number of ether oxygens (including phenoxy) is 2. The summed E-state index contributed by atoms with van der Waals surface area (Å²) in [5.74, 6) is -0.999. The Morgan fingerprint density at radius 3 is 2.63 bits per heavy atom. The molecule has 0 N–H and O–H groups in total. The molecule has 0 bridgehead atoms. The largest absolute Gasteiger partial charge is 0.460 e. The first kappa shape index (κ1) is 13.3. The first-order chi connectivity index (χ1) is 9.04. The Kier molecular flexibility index (Phi) is 4.00. The van der Waals surface area contributed by atoms with Gasteiger partial charge >= 0.3 is 11.9 Å². The third kappa shape index (κ3) is 3.68. The molecule has 0 radical (unpaired) electrons. The highest BCUT2D eigenvalue weighted by Gasteiger charge is 2.34. The van der Waals surface area contributed by atoms with E-state index in [4.69, 9.17) is 9.47 Å². The maximum Gasteiger partial charge on any atom is 0.347 e. The molecule has 1 aromatic rings. The number of benzene rings is 1. The number of carbonyl (C=O) groups excluding carboxylic acids is 2. The maximum atomic E-state index is 11.6. The molecule has 1 saturated heterocycles. The molecule has 0 spiro atoms. The van der Waals surface area contributed by atoms with E-state index in [1.54, 1.807) is 13.0 Å². The van der Waals surface area contributed by atoms with E-state index in [0.29, 0.717) is 6.42 Å². The van der Waals surface area contributed by atoms with Crippen LogP contribution in [-0.4, -0.2) is 24.1 Å². The predicted molar refractivity (Wildman–Crippen MR) is 70.3 cm³/mol. The van der Waals surface area contributed by atoms with Crippen LogP contribution in [-0.2, 0) is 19.1 Å². The minimum Gasteiger partial charge on any atom is -0.460 e. The molecular weight excluding hydrogens is 244 g/mol. The monoisotopic (exact) mass is 260 g/mol. The lowest BCUT2D eigenvalue weighted by Crippen LogP contribution is -2.21. The van der Waals surface area contributed by atoms with E-state index in [2.05, 4.69) is 0 Å². The first-order valence-corrected chi connectivity index (χ1v) is 6.20. The second-order valence-corrected chi connectivity index (χ2v) is 4.65. The fraction of sp³-hybridized carbons (Fsp3) is 0.333. The minimum atomic E-state index is -0.773.